The third-order valence-corrected chi connectivity index (χ3v) is 15.6. The molecule has 0 fully saturated rings. The number of rotatable bonds is 24. The molecule has 0 bridgehead atoms. The van der Waals surface area contributed by atoms with Gasteiger partial charge in [-0.15, -0.1) is 0 Å². The molecule has 0 spiro atoms. The van der Waals surface area contributed by atoms with Crippen LogP contribution in [0.3, 0.4) is 0 Å². The molecule has 0 heterocycles. The maximum Gasteiger partial charge on any atom is 0.119 e. The van der Waals surface area contributed by atoms with Crippen molar-refractivity contribution in [3.63, 3.8) is 0 Å². The van der Waals surface area contributed by atoms with Crippen LogP contribution in [0.25, 0.3) is 44.5 Å². The number of aliphatic hydroxyl groups is 3. The molecule has 0 amide bonds. The number of ether oxygens (including phenoxy) is 6. The van der Waals surface area contributed by atoms with E-state index in [0.29, 0.717) is 58.9 Å². The topological polar surface area (TPSA) is 116 Å². The normalized spacial score (nSPS) is 20.0. The van der Waals surface area contributed by atoms with Crippen molar-refractivity contribution in [3.05, 3.63) is 192 Å². The van der Waals surface area contributed by atoms with Crippen molar-refractivity contribution in [1.82, 2.24) is 0 Å². The Hall–Kier alpha value is -4.67. The van der Waals surface area contributed by atoms with E-state index in [1.165, 1.54) is 24.8 Å². The van der Waals surface area contributed by atoms with E-state index in [2.05, 4.69) is 164 Å². The quantitative estimate of drug-likeness (QED) is 0.0402. The first-order valence-electron chi connectivity index (χ1n) is 31.2. The zero-order valence-corrected chi connectivity index (χ0v) is 55.4. The van der Waals surface area contributed by atoms with Crippen LogP contribution >= 0.6 is 0 Å². The number of para-hydroxylation sites is 1. The Morgan fingerprint density at radius 1 is 0.429 bits per heavy atom. The van der Waals surface area contributed by atoms with Gasteiger partial charge in [-0.05, 0) is 140 Å². The van der Waals surface area contributed by atoms with Crippen molar-refractivity contribution in [2.45, 2.75) is 155 Å². The predicted octanol–water partition coefficient (Wildman–Crippen LogP) is 17.8. The van der Waals surface area contributed by atoms with E-state index in [1.54, 1.807) is 0 Å². The van der Waals surface area contributed by atoms with E-state index in [9.17, 15) is 10.2 Å². The smallest absolute Gasteiger partial charge is 0.119 e. The molecule has 4 aliphatic rings. The summed E-state index contributed by atoms with van der Waals surface area (Å²) in [7, 11) is 0. The molecule has 84 heavy (non-hydrogen) atoms. The average Bonchev–Trinajstić information content (AvgIpc) is 1.79. The molecule has 3 N–H and O–H groups in total. The van der Waals surface area contributed by atoms with Crippen molar-refractivity contribution < 1.29 is 74.9 Å². The van der Waals surface area contributed by atoms with Crippen LogP contribution < -0.4 is 4.74 Å². The van der Waals surface area contributed by atoms with Gasteiger partial charge in [0, 0.05) is 89.0 Å². The van der Waals surface area contributed by atoms with Gasteiger partial charge in [0.15, 0.2) is 0 Å². The molecule has 10 rings (SSSR count). The van der Waals surface area contributed by atoms with Gasteiger partial charge in [-0.2, -0.15) is 6.42 Å². The number of allylic oxidation sites excluding steroid dienone is 3. The maximum absolute atomic E-state index is 12.0. The molecule has 10 heteroatoms. The van der Waals surface area contributed by atoms with E-state index in [4.69, 9.17) is 33.5 Å². The van der Waals surface area contributed by atoms with Gasteiger partial charge in [0.25, 0.3) is 0 Å². The third kappa shape index (κ3) is 17.3. The van der Waals surface area contributed by atoms with Gasteiger partial charge in [-0.25, -0.2) is 0 Å². The van der Waals surface area contributed by atoms with Crippen LogP contribution in [0.5, 0.6) is 5.75 Å². The molecule has 9 nitrogen and oxygen atoms in total. The third-order valence-electron chi connectivity index (χ3n) is 15.6. The number of unbranched alkanes of at least 4 members (excludes halogenated alkanes) is 3. The monoisotopic (exact) mass is 1370 g/mol. The molecule has 8 atom stereocenters. The largest absolute Gasteiger partial charge is 0.494 e. The zero-order valence-electron chi connectivity index (χ0n) is 51.3. The summed E-state index contributed by atoms with van der Waals surface area (Å²) in [6, 6.07) is 45.1. The van der Waals surface area contributed by atoms with Gasteiger partial charge in [0.1, 0.15) is 36.3 Å². The van der Waals surface area contributed by atoms with Crippen LogP contribution in [-0.4, -0.2) is 74.3 Å². The molecule has 0 aromatic heterocycles. The summed E-state index contributed by atoms with van der Waals surface area (Å²) >= 11 is 0. The number of hydrogen-bond acceptors (Lipinski definition) is 9. The van der Waals surface area contributed by atoms with Gasteiger partial charge in [-0.3, -0.25) is 0 Å². The van der Waals surface area contributed by atoms with E-state index < -0.39 is 24.4 Å². The standard InChI is InChI=1S/C64H70O8.C4H10.C3H7O.C3H8.U/c1-4-7-33-69-60-53-22-14-12-20-47(53)49-28-24-42(38-55(49)59(60)66)43-26-30-51-52-31-27-45(44-25-29-50-48-21-13-15-23-54(48)61(67-6-3)62(56(50)40-44)71-35-16-32-65)41-58(52)64(63(57(51)39-43)70-34-8-5-2)72-37-17-36-68-46-18-10-9-11-19-46;1-3-4-2;1-2-3-4;1-3-2;/h9-15,18-31,38-41,48,54,59-66H,4-8,16-17,32-37H2,1-3H3;3-4H2,1-2H3;4H,1-3H2;3H2,1-2H3;/q;;-1;;. The first-order chi connectivity index (χ1) is 40.7. The van der Waals surface area contributed by atoms with Crippen LogP contribution in [0.4, 0.5) is 0 Å². The van der Waals surface area contributed by atoms with E-state index in [0.717, 1.165) is 104 Å². The Morgan fingerprint density at radius 3 is 1.46 bits per heavy atom. The number of hydrogen-bond donors (Lipinski definition) is 3. The van der Waals surface area contributed by atoms with Crippen molar-refractivity contribution in [2.24, 2.45) is 5.92 Å². The van der Waals surface area contributed by atoms with Crippen molar-refractivity contribution in [1.29, 1.82) is 0 Å². The summed E-state index contributed by atoms with van der Waals surface area (Å²) in [5, 5.41) is 29.6. The minimum Gasteiger partial charge on any atom is -0.494 e. The second-order valence-electron chi connectivity index (χ2n) is 21.8. The molecule has 4 aliphatic carbocycles. The fourth-order valence-electron chi connectivity index (χ4n) is 11.3. The molecule has 0 saturated carbocycles. The minimum atomic E-state index is -0.803. The van der Waals surface area contributed by atoms with Gasteiger partial charge in [-0.1, -0.05) is 189 Å². The fraction of sp³-hybridized carbons (Fsp3) is 0.446. The van der Waals surface area contributed by atoms with Gasteiger partial charge < -0.3 is 50.7 Å². The van der Waals surface area contributed by atoms with E-state index in [-0.39, 0.29) is 68.4 Å². The van der Waals surface area contributed by atoms with Crippen molar-refractivity contribution in [3.8, 4) is 50.3 Å². The molecule has 0 saturated heterocycles. The molecule has 0 radical (unpaired) electrons. The van der Waals surface area contributed by atoms with E-state index >= 15 is 0 Å². The Bertz CT molecular complexity index is 2930. The summed E-state index contributed by atoms with van der Waals surface area (Å²) in [5.74, 6) is 1.17. The SMILES string of the molecule is CCC.CCCC.CCCCOC1c2ccccc2-c2ccc(-c3ccc4c(c3)C(OCCCC)C(OCCCOc3ccccc3)c3cc(-c5ccc6c(c5)C(OCCCO)C(OCC)C5C=CC=CC65)ccc3-4)cc2C1O.[CH2-]CCO.[U]. The first-order valence-corrected chi connectivity index (χ1v) is 31.2. The molecular weight excluding hydrogens is 1270 g/mol. The molecular formula is C74H95O9U-. The van der Waals surface area contributed by atoms with Crippen molar-refractivity contribution in [2.75, 3.05) is 52.9 Å². The van der Waals surface area contributed by atoms with Crippen molar-refractivity contribution >= 4 is 0 Å². The summed E-state index contributed by atoms with van der Waals surface area (Å²) in [5.41, 5.74) is 15.1. The summed E-state index contributed by atoms with van der Waals surface area (Å²) in [4.78, 5) is 0. The van der Waals surface area contributed by atoms with Crippen LogP contribution in [0.1, 0.15) is 182 Å². The Labute approximate surface area is 527 Å². The van der Waals surface area contributed by atoms with Crippen LogP contribution in [0, 0.1) is 44.0 Å². The van der Waals surface area contributed by atoms with E-state index in [1.807, 2.05) is 43.3 Å². The van der Waals surface area contributed by atoms with Crippen LogP contribution in [0.15, 0.2) is 152 Å². The molecule has 0 aliphatic heterocycles. The summed E-state index contributed by atoms with van der Waals surface area (Å²) in [6.45, 7) is 21.9. The number of fused-ring (bicyclic) bond motifs is 9. The predicted molar refractivity (Wildman–Crippen MR) is 340 cm³/mol. The van der Waals surface area contributed by atoms with Crippen LogP contribution in [0.2, 0.25) is 0 Å². The molecule has 8 unspecified atom stereocenters. The molecule has 6 aromatic carbocycles. The first kappa shape index (κ1) is 68.4. The second kappa shape index (κ2) is 36.5. The Kier molecular flexibility index (Phi) is 29.7. The summed E-state index contributed by atoms with van der Waals surface area (Å²) in [6.07, 6.45) is 16.0. The maximum atomic E-state index is 12.0. The fourth-order valence-corrected chi connectivity index (χ4v) is 11.3. The number of benzene rings is 6. The Morgan fingerprint density at radius 2 is 0.905 bits per heavy atom. The molecule has 6 aromatic rings. The Balaban J connectivity index is 0.000000871. The molecule has 450 valence electrons. The summed E-state index contributed by atoms with van der Waals surface area (Å²) < 4.78 is 39.9. The zero-order chi connectivity index (χ0) is 58.9. The van der Waals surface area contributed by atoms with Crippen LogP contribution in [-0.2, 0) is 23.7 Å². The van der Waals surface area contributed by atoms with Gasteiger partial charge >= 0.3 is 0 Å². The second-order valence-corrected chi connectivity index (χ2v) is 21.8. The minimum absolute atomic E-state index is 0. The average molecular weight is 1370 g/mol. The number of aliphatic hydroxyl groups excluding tert-OH is 3. The van der Waals surface area contributed by atoms with Gasteiger partial charge in [0.2, 0.25) is 0 Å². The van der Waals surface area contributed by atoms with Gasteiger partial charge in [0.05, 0.1) is 19.3 Å².